The summed E-state index contributed by atoms with van der Waals surface area (Å²) in [6.45, 7) is 7.08. The maximum Gasteiger partial charge on any atom is 0.255 e. The normalized spacial score (nSPS) is 11.2. The number of hydrogen-bond acceptors (Lipinski definition) is 1. The minimum atomic E-state index is -0.0684. The summed E-state index contributed by atoms with van der Waals surface area (Å²) in [6, 6.07) is 20.5. The number of rotatable bonds is 3. The fraction of sp³-hybridized carbons (Fsp3) is 0.174. The summed E-state index contributed by atoms with van der Waals surface area (Å²) in [7, 11) is 0. The third kappa shape index (κ3) is 2.66. The van der Waals surface area contributed by atoms with Gasteiger partial charge in [0.15, 0.2) is 0 Å². The van der Waals surface area contributed by atoms with Gasteiger partial charge < -0.3 is 9.88 Å². The van der Waals surface area contributed by atoms with Crippen molar-refractivity contribution in [1.82, 2.24) is 4.57 Å². The van der Waals surface area contributed by atoms with Gasteiger partial charge in [0.25, 0.3) is 5.91 Å². The zero-order valence-corrected chi connectivity index (χ0v) is 15.3. The first-order chi connectivity index (χ1) is 12.6. The average Bonchev–Trinajstić information content (AvgIpc) is 2.94. The van der Waals surface area contributed by atoms with Gasteiger partial charge in [0.1, 0.15) is 0 Å². The highest BCUT2D eigenvalue weighted by Gasteiger charge is 2.12. The van der Waals surface area contributed by atoms with Crippen LogP contribution >= 0.6 is 0 Å². The Morgan fingerprint density at radius 2 is 1.69 bits per heavy atom. The van der Waals surface area contributed by atoms with Gasteiger partial charge in [-0.05, 0) is 56.7 Å². The summed E-state index contributed by atoms with van der Waals surface area (Å²) in [4.78, 5) is 12.7. The number of benzene rings is 3. The van der Waals surface area contributed by atoms with Crippen LogP contribution in [0.4, 0.5) is 5.69 Å². The molecule has 0 bridgehead atoms. The van der Waals surface area contributed by atoms with Crippen LogP contribution in [0.1, 0.15) is 28.4 Å². The van der Waals surface area contributed by atoms with Crippen LogP contribution in [0.2, 0.25) is 0 Å². The molecule has 0 spiro atoms. The van der Waals surface area contributed by atoms with Gasteiger partial charge in [0.2, 0.25) is 0 Å². The topological polar surface area (TPSA) is 34.0 Å². The van der Waals surface area contributed by atoms with E-state index >= 15 is 0 Å². The third-order valence-electron chi connectivity index (χ3n) is 4.97. The molecule has 1 heterocycles. The second-order valence-corrected chi connectivity index (χ2v) is 6.77. The van der Waals surface area contributed by atoms with Gasteiger partial charge in [-0.1, -0.05) is 35.9 Å². The van der Waals surface area contributed by atoms with Crippen molar-refractivity contribution in [3.05, 3.63) is 77.4 Å². The molecule has 1 aromatic heterocycles. The summed E-state index contributed by atoms with van der Waals surface area (Å²) >= 11 is 0. The van der Waals surface area contributed by atoms with Crippen LogP contribution in [0, 0.1) is 13.8 Å². The molecule has 0 aliphatic rings. The van der Waals surface area contributed by atoms with Gasteiger partial charge in [0, 0.05) is 39.6 Å². The lowest BCUT2D eigenvalue weighted by molar-refractivity contribution is 0.102. The summed E-state index contributed by atoms with van der Waals surface area (Å²) in [5, 5.41) is 5.44. The molecule has 0 saturated carbocycles. The lowest BCUT2D eigenvalue weighted by Crippen LogP contribution is -2.13. The van der Waals surface area contributed by atoms with Crippen molar-refractivity contribution < 1.29 is 4.79 Å². The molecule has 0 fully saturated rings. The molecular weight excluding hydrogens is 320 g/mol. The number of nitrogens with zero attached hydrogens (tertiary/aromatic N) is 1. The van der Waals surface area contributed by atoms with Crippen LogP contribution in [-0.4, -0.2) is 10.5 Å². The fourth-order valence-electron chi connectivity index (χ4n) is 3.74. The van der Waals surface area contributed by atoms with E-state index in [1.165, 1.54) is 21.8 Å². The van der Waals surface area contributed by atoms with Crippen LogP contribution in [0.5, 0.6) is 0 Å². The van der Waals surface area contributed by atoms with E-state index < -0.39 is 0 Å². The fourth-order valence-corrected chi connectivity index (χ4v) is 3.74. The van der Waals surface area contributed by atoms with Crippen LogP contribution in [0.3, 0.4) is 0 Å². The third-order valence-corrected chi connectivity index (χ3v) is 4.97. The predicted molar refractivity (Wildman–Crippen MR) is 109 cm³/mol. The number of carbonyl (C=O) groups is 1. The predicted octanol–water partition coefficient (Wildman–Crippen LogP) is 5.68. The van der Waals surface area contributed by atoms with E-state index in [1.54, 1.807) is 0 Å². The molecule has 3 heteroatoms. The van der Waals surface area contributed by atoms with Gasteiger partial charge in [-0.3, -0.25) is 4.79 Å². The molecule has 0 radical (unpaired) electrons. The SMILES string of the molecule is CCn1c2ccccc2c2cc(NC(=O)c3ccc(C)cc3C)ccc21. The number of hydrogen-bond donors (Lipinski definition) is 1. The Balaban J connectivity index is 1.76. The first-order valence-corrected chi connectivity index (χ1v) is 8.98. The Morgan fingerprint density at radius 1 is 0.923 bits per heavy atom. The van der Waals surface area contributed by atoms with Gasteiger partial charge in [0.05, 0.1) is 0 Å². The maximum atomic E-state index is 12.7. The smallest absolute Gasteiger partial charge is 0.255 e. The van der Waals surface area contributed by atoms with E-state index in [4.69, 9.17) is 0 Å². The molecule has 3 nitrogen and oxygen atoms in total. The number of nitrogens with one attached hydrogen (secondary N) is 1. The van der Waals surface area contributed by atoms with Crippen molar-refractivity contribution in [1.29, 1.82) is 0 Å². The van der Waals surface area contributed by atoms with E-state index in [0.29, 0.717) is 5.56 Å². The van der Waals surface area contributed by atoms with Crippen molar-refractivity contribution in [2.75, 3.05) is 5.32 Å². The first-order valence-electron chi connectivity index (χ1n) is 8.98. The molecule has 4 aromatic rings. The highest BCUT2D eigenvalue weighted by atomic mass is 16.1. The number of amides is 1. The van der Waals surface area contributed by atoms with Gasteiger partial charge in [-0.25, -0.2) is 0 Å². The van der Waals surface area contributed by atoms with Gasteiger partial charge >= 0.3 is 0 Å². The minimum absolute atomic E-state index is 0.0684. The Labute approximate surface area is 153 Å². The Hall–Kier alpha value is -3.07. The molecule has 130 valence electrons. The van der Waals surface area contributed by atoms with Crippen LogP contribution < -0.4 is 5.32 Å². The van der Waals surface area contributed by atoms with Gasteiger partial charge in [-0.2, -0.15) is 0 Å². The van der Waals surface area contributed by atoms with E-state index in [2.05, 4.69) is 53.2 Å². The van der Waals surface area contributed by atoms with Crippen LogP contribution in [0.25, 0.3) is 21.8 Å². The van der Waals surface area contributed by atoms with E-state index in [1.807, 2.05) is 38.1 Å². The van der Waals surface area contributed by atoms with E-state index in [9.17, 15) is 4.79 Å². The maximum absolute atomic E-state index is 12.7. The second kappa shape index (κ2) is 6.34. The number of para-hydroxylation sites is 1. The summed E-state index contributed by atoms with van der Waals surface area (Å²) in [6.07, 6.45) is 0. The molecule has 26 heavy (non-hydrogen) atoms. The molecular formula is C23H22N2O. The summed E-state index contributed by atoms with van der Waals surface area (Å²) in [5.74, 6) is -0.0684. The molecule has 0 atom stereocenters. The molecule has 0 saturated heterocycles. The van der Waals surface area contributed by atoms with Crippen molar-refractivity contribution in [3.63, 3.8) is 0 Å². The molecule has 0 aliphatic carbocycles. The van der Waals surface area contributed by atoms with Crippen molar-refractivity contribution in [2.45, 2.75) is 27.3 Å². The molecule has 1 amide bonds. The Kier molecular flexibility index (Phi) is 4.00. The van der Waals surface area contributed by atoms with Gasteiger partial charge in [-0.15, -0.1) is 0 Å². The summed E-state index contributed by atoms with van der Waals surface area (Å²) in [5.41, 5.74) is 6.10. The molecule has 0 aliphatic heterocycles. The first kappa shape index (κ1) is 16.4. The number of aromatic nitrogens is 1. The van der Waals surface area contributed by atoms with Crippen LogP contribution in [0.15, 0.2) is 60.7 Å². The molecule has 0 unspecified atom stereocenters. The standard InChI is InChI=1S/C23H22N2O/c1-4-25-21-8-6-5-7-19(21)20-14-17(10-12-22(20)25)24-23(26)18-11-9-15(2)13-16(18)3/h5-14H,4H2,1-3H3,(H,24,26). The molecule has 1 N–H and O–H groups in total. The van der Waals surface area contributed by atoms with Crippen molar-refractivity contribution in [2.24, 2.45) is 0 Å². The lowest BCUT2D eigenvalue weighted by atomic mass is 10.0. The number of carbonyl (C=O) groups excluding carboxylic acids is 1. The van der Waals surface area contributed by atoms with Crippen molar-refractivity contribution >= 4 is 33.4 Å². The zero-order valence-electron chi connectivity index (χ0n) is 15.3. The number of aryl methyl sites for hydroxylation is 3. The van der Waals surface area contributed by atoms with E-state index in [0.717, 1.165) is 23.4 Å². The quantitative estimate of drug-likeness (QED) is 0.510. The Morgan fingerprint density at radius 3 is 2.46 bits per heavy atom. The molecule has 4 rings (SSSR count). The van der Waals surface area contributed by atoms with Crippen molar-refractivity contribution in [3.8, 4) is 0 Å². The zero-order chi connectivity index (χ0) is 18.3. The second-order valence-electron chi connectivity index (χ2n) is 6.77. The van der Waals surface area contributed by atoms with Crippen LogP contribution in [-0.2, 0) is 6.54 Å². The highest BCUT2D eigenvalue weighted by molar-refractivity contribution is 6.11. The number of anilines is 1. The summed E-state index contributed by atoms with van der Waals surface area (Å²) < 4.78 is 2.31. The lowest BCUT2D eigenvalue weighted by Gasteiger charge is -2.09. The highest BCUT2D eigenvalue weighted by Crippen LogP contribution is 2.31. The molecule has 3 aromatic carbocycles. The Bertz CT molecular complexity index is 1140. The number of fused-ring (bicyclic) bond motifs is 3. The minimum Gasteiger partial charge on any atom is -0.341 e. The monoisotopic (exact) mass is 342 g/mol. The van der Waals surface area contributed by atoms with E-state index in [-0.39, 0.29) is 5.91 Å². The average molecular weight is 342 g/mol. The largest absolute Gasteiger partial charge is 0.341 e.